The number of hydrogen-bond acceptors (Lipinski definition) is 1. The first kappa shape index (κ1) is 20.7. The lowest BCUT2D eigenvalue weighted by molar-refractivity contribution is -0.0281. The average molecular weight is 412 g/mol. The molecule has 0 atom stereocenters. The van der Waals surface area contributed by atoms with E-state index in [1.165, 1.54) is 66.8 Å². The molecule has 3 aromatic rings. The highest BCUT2D eigenvalue weighted by Crippen LogP contribution is 2.60. The Kier molecular flexibility index (Phi) is 5.00. The molecule has 0 radical (unpaired) electrons. The molecule has 1 aromatic heterocycles. The fourth-order valence-corrected chi connectivity index (χ4v) is 7.70. The van der Waals surface area contributed by atoms with E-state index < -0.39 is 0 Å². The molecule has 0 bridgehead atoms. The Labute approximate surface area is 188 Å². The molecule has 1 heteroatoms. The zero-order chi connectivity index (χ0) is 21.7. The Hall–Kier alpha value is -2.15. The van der Waals surface area contributed by atoms with Gasteiger partial charge in [-0.25, -0.2) is 0 Å². The highest BCUT2D eigenvalue weighted by Gasteiger charge is 2.48. The minimum absolute atomic E-state index is 0.480. The molecule has 2 aromatic carbocycles. The van der Waals surface area contributed by atoms with E-state index in [2.05, 4.69) is 82.3 Å². The summed E-state index contributed by atoms with van der Waals surface area (Å²) in [4.78, 5) is 4.76. The first-order valence-corrected chi connectivity index (χ1v) is 12.2. The minimum Gasteiger partial charge on any atom is -0.256 e. The summed E-state index contributed by atoms with van der Waals surface area (Å²) in [6, 6.07) is 19.9. The van der Waals surface area contributed by atoms with Gasteiger partial charge in [0.05, 0.1) is 5.69 Å². The molecular weight excluding hydrogens is 374 g/mol. The zero-order valence-electron chi connectivity index (χ0n) is 19.7. The van der Waals surface area contributed by atoms with Crippen LogP contribution in [0.15, 0.2) is 60.8 Å². The van der Waals surface area contributed by atoms with Gasteiger partial charge in [0.25, 0.3) is 0 Å². The fourth-order valence-electron chi connectivity index (χ4n) is 7.70. The van der Waals surface area contributed by atoms with Crippen LogP contribution in [0.5, 0.6) is 0 Å². The maximum Gasteiger partial charge on any atom is 0.0780 e. The monoisotopic (exact) mass is 411 g/mol. The van der Waals surface area contributed by atoms with Gasteiger partial charge in [-0.15, -0.1) is 0 Å². The van der Waals surface area contributed by atoms with Crippen LogP contribution >= 0.6 is 0 Å². The second-order valence-corrected chi connectivity index (χ2v) is 12.1. The third-order valence-corrected chi connectivity index (χ3v) is 8.02. The van der Waals surface area contributed by atoms with Gasteiger partial charge in [0, 0.05) is 17.1 Å². The van der Waals surface area contributed by atoms with Gasteiger partial charge in [0.2, 0.25) is 0 Å². The van der Waals surface area contributed by atoms with Crippen molar-refractivity contribution in [2.75, 3.05) is 0 Å². The quantitative estimate of drug-likeness (QED) is 0.410. The fraction of sp³-hybridized carbons (Fsp3) is 0.500. The summed E-state index contributed by atoms with van der Waals surface area (Å²) >= 11 is 0. The van der Waals surface area contributed by atoms with Crippen LogP contribution in [0.4, 0.5) is 0 Å². The third kappa shape index (κ3) is 4.16. The lowest BCUT2D eigenvalue weighted by Gasteiger charge is -2.54. The molecule has 1 spiro atoms. The first-order valence-electron chi connectivity index (χ1n) is 12.2. The highest BCUT2D eigenvalue weighted by atomic mass is 14.7. The van der Waals surface area contributed by atoms with Crippen LogP contribution in [0.25, 0.3) is 22.0 Å². The third-order valence-electron chi connectivity index (χ3n) is 8.02. The second kappa shape index (κ2) is 7.47. The van der Waals surface area contributed by atoms with Crippen molar-refractivity contribution in [2.45, 2.75) is 78.6 Å². The Balaban J connectivity index is 1.42. The van der Waals surface area contributed by atoms with Crippen LogP contribution in [-0.2, 0) is 0 Å². The minimum atomic E-state index is 0.480. The molecule has 0 aliphatic heterocycles. The number of fused-ring (bicyclic) bond motifs is 1. The number of nitrogens with zero attached hydrogens (tertiary/aromatic N) is 1. The molecule has 2 saturated carbocycles. The van der Waals surface area contributed by atoms with E-state index in [-0.39, 0.29) is 0 Å². The van der Waals surface area contributed by atoms with Gasteiger partial charge < -0.3 is 0 Å². The number of rotatable bonds is 2. The molecule has 2 aliphatic carbocycles. The van der Waals surface area contributed by atoms with Gasteiger partial charge in [0.1, 0.15) is 0 Å². The van der Waals surface area contributed by atoms with Crippen molar-refractivity contribution < 1.29 is 0 Å². The van der Waals surface area contributed by atoms with Crippen molar-refractivity contribution in [3.8, 4) is 11.3 Å². The van der Waals surface area contributed by atoms with Crippen LogP contribution in [0.1, 0.15) is 84.1 Å². The highest BCUT2D eigenvalue weighted by molar-refractivity contribution is 5.94. The average Bonchev–Trinajstić information content (AvgIpc) is 2.72. The number of aromatic nitrogens is 1. The van der Waals surface area contributed by atoms with Crippen molar-refractivity contribution >= 4 is 10.8 Å². The number of hydrogen-bond donors (Lipinski definition) is 0. The molecule has 0 saturated heterocycles. The van der Waals surface area contributed by atoms with E-state index in [1.807, 2.05) is 6.20 Å². The van der Waals surface area contributed by atoms with E-state index in [9.17, 15) is 0 Å². The lowest BCUT2D eigenvalue weighted by atomic mass is 9.51. The van der Waals surface area contributed by atoms with E-state index in [4.69, 9.17) is 4.98 Å². The predicted octanol–water partition coefficient (Wildman–Crippen LogP) is 8.78. The van der Waals surface area contributed by atoms with Crippen LogP contribution < -0.4 is 0 Å². The van der Waals surface area contributed by atoms with Crippen molar-refractivity contribution in [3.63, 3.8) is 0 Å². The van der Waals surface area contributed by atoms with Crippen molar-refractivity contribution in [3.05, 3.63) is 66.4 Å². The summed E-state index contributed by atoms with van der Waals surface area (Å²) in [5.74, 6) is 0.687. The largest absolute Gasteiger partial charge is 0.256 e. The van der Waals surface area contributed by atoms with Gasteiger partial charge in [-0.1, -0.05) is 70.2 Å². The SMILES string of the molecule is CC1(C)CC(C)(C)CC2(CCC(c3ccc4ccnc(-c5ccccc5)c4c3)CC2)C1. The Bertz CT molecular complexity index is 1050. The lowest BCUT2D eigenvalue weighted by Crippen LogP contribution is -2.43. The molecule has 0 amide bonds. The zero-order valence-corrected chi connectivity index (χ0v) is 19.7. The van der Waals surface area contributed by atoms with E-state index >= 15 is 0 Å². The van der Waals surface area contributed by atoms with Crippen LogP contribution in [0.3, 0.4) is 0 Å². The predicted molar refractivity (Wildman–Crippen MR) is 132 cm³/mol. The normalized spacial score (nSPS) is 22.6. The van der Waals surface area contributed by atoms with Crippen molar-refractivity contribution in [2.24, 2.45) is 16.2 Å². The summed E-state index contributed by atoms with van der Waals surface area (Å²) in [7, 11) is 0. The van der Waals surface area contributed by atoms with Gasteiger partial charge in [0.15, 0.2) is 0 Å². The maximum atomic E-state index is 4.76. The summed E-state index contributed by atoms with van der Waals surface area (Å²) < 4.78 is 0. The molecule has 0 N–H and O–H groups in total. The Morgan fingerprint density at radius 3 is 2.13 bits per heavy atom. The maximum absolute atomic E-state index is 4.76. The molecule has 2 fully saturated rings. The summed E-state index contributed by atoms with van der Waals surface area (Å²) in [5, 5.41) is 2.59. The second-order valence-electron chi connectivity index (χ2n) is 12.1. The van der Waals surface area contributed by atoms with Gasteiger partial charge in [-0.3, -0.25) is 4.98 Å². The summed E-state index contributed by atoms with van der Waals surface area (Å²) in [5.41, 5.74) is 5.36. The standard InChI is InChI=1S/C30H37N/c1-28(2)19-29(3,4)21-30(20-28)15-12-22(13-16-30)25-11-10-23-14-17-31-27(26(23)18-25)24-8-6-5-7-9-24/h5-11,14,17-18,22H,12-13,15-16,19-21H2,1-4H3. The van der Waals surface area contributed by atoms with Gasteiger partial charge in [-0.05, 0) is 90.2 Å². The van der Waals surface area contributed by atoms with Crippen molar-refractivity contribution in [1.82, 2.24) is 4.98 Å². The van der Waals surface area contributed by atoms with Crippen LogP contribution in [0, 0.1) is 16.2 Å². The van der Waals surface area contributed by atoms with E-state index in [0.29, 0.717) is 22.2 Å². The molecule has 5 rings (SSSR count). The molecular formula is C30H37N. The van der Waals surface area contributed by atoms with E-state index in [1.54, 1.807) is 0 Å². The number of pyridine rings is 1. The molecule has 2 aliphatic rings. The Morgan fingerprint density at radius 2 is 1.45 bits per heavy atom. The molecule has 0 unspecified atom stereocenters. The van der Waals surface area contributed by atoms with E-state index in [0.717, 1.165) is 5.69 Å². The van der Waals surface area contributed by atoms with Crippen LogP contribution in [0.2, 0.25) is 0 Å². The topological polar surface area (TPSA) is 12.9 Å². The van der Waals surface area contributed by atoms with Gasteiger partial charge >= 0.3 is 0 Å². The molecule has 1 nitrogen and oxygen atoms in total. The van der Waals surface area contributed by atoms with Gasteiger partial charge in [-0.2, -0.15) is 0 Å². The van der Waals surface area contributed by atoms with Crippen molar-refractivity contribution in [1.29, 1.82) is 0 Å². The molecule has 1 heterocycles. The summed E-state index contributed by atoms with van der Waals surface area (Å²) in [6.07, 6.45) is 11.6. The first-order chi connectivity index (χ1) is 14.7. The molecule has 162 valence electrons. The number of benzene rings is 2. The summed E-state index contributed by atoms with van der Waals surface area (Å²) in [6.45, 7) is 10.0. The van der Waals surface area contributed by atoms with Crippen LogP contribution in [-0.4, -0.2) is 4.98 Å². The Morgan fingerprint density at radius 1 is 0.774 bits per heavy atom. The smallest absolute Gasteiger partial charge is 0.0780 e. The molecule has 31 heavy (non-hydrogen) atoms.